The van der Waals surface area contributed by atoms with E-state index in [0.29, 0.717) is 5.56 Å². The largest absolute Gasteiger partial charge is 0.353 e. The molecule has 3 heterocycles. The zero-order valence-corrected chi connectivity index (χ0v) is 17.9. The van der Waals surface area contributed by atoms with E-state index in [9.17, 15) is 0 Å². The van der Waals surface area contributed by atoms with Crippen LogP contribution in [0.3, 0.4) is 0 Å². The maximum atomic E-state index is 8.97. The fourth-order valence-corrected chi connectivity index (χ4v) is 4.26. The monoisotopic (exact) mass is 420 g/mol. The van der Waals surface area contributed by atoms with Gasteiger partial charge in [-0.1, -0.05) is 54.6 Å². The average Bonchev–Trinajstić information content (AvgIpc) is 2.88. The van der Waals surface area contributed by atoms with Gasteiger partial charge in [0.15, 0.2) is 5.82 Å². The van der Waals surface area contributed by atoms with E-state index in [1.54, 1.807) is 6.20 Å². The number of hydrogen-bond acceptors (Lipinski definition) is 6. The topological polar surface area (TPSA) is 68.9 Å². The molecular weight excluding hydrogens is 396 g/mol. The number of pyridine rings is 1. The Bertz CT molecular complexity index is 1240. The summed E-state index contributed by atoms with van der Waals surface area (Å²) in [6.07, 6.45) is 3.46. The highest BCUT2D eigenvalue weighted by Crippen LogP contribution is 2.28. The van der Waals surface area contributed by atoms with Crippen molar-refractivity contribution in [3.8, 4) is 6.07 Å². The number of rotatable bonds is 5. The highest BCUT2D eigenvalue weighted by Gasteiger charge is 2.22. The summed E-state index contributed by atoms with van der Waals surface area (Å²) in [7, 11) is 0. The molecule has 2 aromatic heterocycles. The molecule has 1 saturated heterocycles. The molecular formula is C26H24N6. The first kappa shape index (κ1) is 20.0. The van der Waals surface area contributed by atoms with Gasteiger partial charge in [-0.25, -0.2) is 4.98 Å². The normalized spacial score (nSPS) is 13.8. The van der Waals surface area contributed by atoms with E-state index in [-0.39, 0.29) is 0 Å². The van der Waals surface area contributed by atoms with Crippen LogP contribution in [-0.2, 0) is 12.8 Å². The molecule has 1 aliphatic heterocycles. The number of aryl methyl sites for hydroxylation is 2. The molecule has 4 aromatic rings. The number of nitriles is 1. The van der Waals surface area contributed by atoms with E-state index in [2.05, 4.69) is 79.6 Å². The van der Waals surface area contributed by atoms with Gasteiger partial charge in [-0.3, -0.25) is 0 Å². The van der Waals surface area contributed by atoms with Crippen LogP contribution in [0.25, 0.3) is 10.8 Å². The van der Waals surface area contributed by atoms with E-state index < -0.39 is 0 Å². The Morgan fingerprint density at radius 3 is 2.19 bits per heavy atom. The molecule has 0 unspecified atom stereocenters. The first-order valence-electron chi connectivity index (χ1n) is 11.0. The molecule has 0 radical (unpaired) electrons. The lowest BCUT2D eigenvalue weighted by Gasteiger charge is -2.36. The first-order chi connectivity index (χ1) is 15.8. The van der Waals surface area contributed by atoms with Crippen LogP contribution in [0, 0.1) is 11.3 Å². The van der Waals surface area contributed by atoms with Gasteiger partial charge in [0.25, 0.3) is 0 Å². The predicted molar refractivity (Wildman–Crippen MR) is 127 cm³/mol. The van der Waals surface area contributed by atoms with Gasteiger partial charge in [-0.2, -0.15) is 10.4 Å². The van der Waals surface area contributed by atoms with Gasteiger partial charge in [0.1, 0.15) is 11.9 Å². The number of nitrogens with zero attached hydrogens (tertiary/aromatic N) is 6. The summed E-state index contributed by atoms with van der Waals surface area (Å²) < 4.78 is 0. The third-order valence-electron chi connectivity index (χ3n) is 6.02. The summed E-state index contributed by atoms with van der Waals surface area (Å²) in [5, 5.41) is 20.6. The summed E-state index contributed by atoms with van der Waals surface area (Å²) in [6.45, 7) is 3.41. The Kier molecular flexibility index (Phi) is 5.63. The minimum absolute atomic E-state index is 0.585. The van der Waals surface area contributed by atoms with E-state index in [0.717, 1.165) is 61.7 Å². The number of aromatic nitrogens is 3. The van der Waals surface area contributed by atoms with Crippen molar-refractivity contribution in [1.82, 2.24) is 15.2 Å². The van der Waals surface area contributed by atoms with Gasteiger partial charge in [0, 0.05) is 43.1 Å². The predicted octanol–water partition coefficient (Wildman–Crippen LogP) is 4.01. The van der Waals surface area contributed by atoms with Crippen molar-refractivity contribution < 1.29 is 0 Å². The van der Waals surface area contributed by atoms with Crippen LogP contribution in [0.2, 0.25) is 0 Å². The fourth-order valence-electron chi connectivity index (χ4n) is 4.26. The van der Waals surface area contributed by atoms with Crippen LogP contribution < -0.4 is 9.80 Å². The van der Waals surface area contributed by atoms with Gasteiger partial charge >= 0.3 is 0 Å². The Labute approximate surface area is 187 Å². The zero-order valence-electron chi connectivity index (χ0n) is 17.9. The number of anilines is 2. The second kappa shape index (κ2) is 9.03. The summed E-state index contributed by atoms with van der Waals surface area (Å²) in [4.78, 5) is 9.00. The second-order valence-corrected chi connectivity index (χ2v) is 7.99. The highest BCUT2D eigenvalue weighted by atomic mass is 15.3. The lowest BCUT2D eigenvalue weighted by molar-refractivity contribution is 0.639. The number of piperazine rings is 1. The maximum absolute atomic E-state index is 8.97. The Morgan fingerprint density at radius 2 is 1.47 bits per heavy atom. The third-order valence-corrected chi connectivity index (χ3v) is 6.02. The molecule has 1 fully saturated rings. The van der Waals surface area contributed by atoms with Crippen LogP contribution in [0.15, 0.2) is 72.9 Å². The summed E-state index contributed by atoms with van der Waals surface area (Å²) >= 11 is 0. The molecule has 0 aliphatic carbocycles. The quantitative estimate of drug-likeness (QED) is 0.486. The molecule has 0 amide bonds. The fraction of sp³-hybridized carbons (Fsp3) is 0.231. The molecule has 6 heteroatoms. The van der Waals surface area contributed by atoms with E-state index in [1.807, 2.05) is 18.2 Å². The van der Waals surface area contributed by atoms with Gasteiger partial charge in [0.2, 0.25) is 0 Å². The molecule has 0 saturated carbocycles. The summed E-state index contributed by atoms with van der Waals surface area (Å²) in [5.74, 6) is 1.87. The molecule has 5 rings (SSSR count). The van der Waals surface area contributed by atoms with Crippen LogP contribution in [0.4, 0.5) is 11.6 Å². The van der Waals surface area contributed by atoms with Gasteiger partial charge in [-0.05, 0) is 30.5 Å². The second-order valence-electron chi connectivity index (χ2n) is 7.99. The third kappa shape index (κ3) is 4.10. The first-order valence-corrected chi connectivity index (χ1v) is 11.0. The molecule has 0 spiro atoms. The zero-order chi connectivity index (χ0) is 21.8. The van der Waals surface area contributed by atoms with Crippen molar-refractivity contribution in [1.29, 1.82) is 5.26 Å². The molecule has 1 aliphatic rings. The van der Waals surface area contributed by atoms with Gasteiger partial charge < -0.3 is 9.80 Å². The molecule has 0 bridgehead atoms. The van der Waals surface area contributed by atoms with Gasteiger partial charge in [-0.15, -0.1) is 5.10 Å². The summed E-state index contributed by atoms with van der Waals surface area (Å²) in [6, 6.07) is 24.8. The van der Waals surface area contributed by atoms with Crippen molar-refractivity contribution in [2.75, 3.05) is 36.0 Å². The molecule has 0 atom stereocenters. The minimum Gasteiger partial charge on any atom is -0.353 e. The molecule has 32 heavy (non-hydrogen) atoms. The molecule has 158 valence electrons. The molecule has 0 N–H and O–H groups in total. The Hall–Kier alpha value is -3.98. The SMILES string of the molecule is N#Cc1ccc(N2CCN(c3nnc(CCc4ccccc4)c4ccccc34)CC2)nc1. The lowest BCUT2D eigenvalue weighted by atomic mass is 10.0. The minimum atomic E-state index is 0.585. The van der Waals surface area contributed by atoms with Crippen LogP contribution >= 0.6 is 0 Å². The Balaban J connectivity index is 1.33. The van der Waals surface area contributed by atoms with Crippen molar-refractivity contribution in [2.45, 2.75) is 12.8 Å². The van der Waals surface area contributed by atoms with Crippen LogP contribution in [-0.4, -0.2) is 41.4 Å². The lowest BCUT2D eigenvalue weighted by Crippen LogP contribution is -2.47. The standard InChI is InChI=1S/C26H24N6/c27-18-21-11-13-25(28-19-21)31-14-16-32(17-15-31)26-23-9-5-4-8-22(23)24(29-30-26)12-10-20-6-2-1-3-7-20/h1-9,11,13,19H,10,12,14-17H2. The Morgan fingerprint density at radius 1 is 0.750 bits per heavy atom. The van der Waals surface area contributed by atoms with Crippen molar-refractivity contribution in [3.05, 3.63) is 89.7 Å². The van der Waals surface area contributed by atoms with Crippen molar-refractivity contribution >= 4 is 22.4 Å². The molecule has 6 nitrogen and oxygen atoms in total. The average molecular weight is 421 g/mol. The van der Waals surface area contributed by atoms with Crippen LogP contribution in [0.5, 0.6) is 0 Å². The van der Waals surface area contributed by atoms with Gasteiger partial charge in [0.05, 0.1) is 11.3 Å². The number of fused-ring (bicyclic) bond motifs is 1. The number of benzene rings is 2. The van der Waals surface area contributed by atoms with E-state index in [1.165, 1.54) is 10.9 Å². The van der Waals surface area contributed by atoms with Crippen molar-refractivity contribution in [3.63, 3.8) is 0 Å². The summed E-state index contributed by atoms with van der Waals surface area (Å²) in [5.41, 5.74) is 2.95. The van der Waals surface area contributed by atoms with E-state index in [4.69, 9.17) is 5.26 Å². The van der Waals surface area contributed by atoms with Crippen LogP contribution in [0.1, 0.15) is 16.8 Å². The van der Waals surface area contributed by atoms with E-state index >= 15 is 0 Å². The molecule has 2 aromatic carbocycles. The highest BCUT2D eigenvalue weighted by molar-refractivity contribution is 5.93. The smallest absolute Gasteiger partial charge is 0.159 e. The van der Waals surface area contributed by atoms with Crippen molar-refractivity contribution in [2.24, 2.45) is 0 Å². The number of hydrogen-bond donors (Lipinski definition) is 0. The maximum Gasteiger partial charge on any atom is 0.159 e.